The maximum absolute atomic E-state index is 11.0. The predicted octanol–water partition coefficient (Wildman–Crippen LogP) is 2.62. The van der Waals surface area contributed by atoms with Crippen molar-refractivity contribution in [2.75, 3.05) is 7.11 Å². The maximum atomic E-state index is 11.0. The first-order valence-electron chi connectivity index (χ1n) is 5.19. The Morgan fingerprint density at radius 2 is 2.00 bits per heavy atom. The van der Waals surface area contributed by atoms with Crippen molar-refractivity contribution in [3.8, 4) is 5.75 Å². The maximum Gasteiger partial charge on any atom is 0.166 e. The molecule has 2 rings (SSSR count). The lowest BCUT2D eigenvalue weighted by Crippen LogP contribution is -1.96. The number of nitrogens with zero attached hydrogens (tertiary/aromatic N) is 1. The predicted molar refractivity (Wildman–Crippen MR) is 64.3 cm³/mol. The van der Waals surface area contributed by atoms with E-state index in [1.807, 2.05) is 31.5 Å². The van der Waals surface area contributed by atoms with Crippen molar-refractivity contribution in [2.24, 2.45) is 7.05 Å². The van der Waals surface area contributed by atoms with Crippen molar-refractivity contribution in [1.29, 1.82) is 0 Å². The van der Waals surface area contributed by atoms with Gasteiger partial charge in [-0.1, -0.05) is 0 Å². The second kappa shape index (κ2) is 3.67. The molecule has 0 spiro atoms. The van der Waals surface area contributed by atoms with Crippen LogP contribution in [0.3, 0.4) is 0 Å². The van der Waals surface area contributed by atoms with Gasteiger partial charge in [-0.3, -0.25) is 4.79 Å². The van der Waals surface area contributed by atoms with Crippen LogP contribution in [0.2, 0.25) is 0 Å². The summed E-state index contributed by atoms with van der Waals surface area (Å²) < 4.78 is 7.25. The number of methoxy groups -OCH3 is 1. The summed E-state index contributed by atoms with van der Waals surface area (Å²) in [5.74, 6) is 0.814. The van der Waals surface area contributed by atoms with E-state index in [1.54, 1.807) is 7.11 Å². The second-order valence-corrected chi connectivity index (χ2v) is 4.05. The van der Waals surface area contributed by atoms with Crippen molar-refractivity contribution in [3.05, 3.63) is 29.0 Å². The van der Waals surface area contributed by atoms with Crippen LogP contribution in [0.15, 0.2) is 12.1 Å². The lowest BCUT2D eigenvalue weighted by atomic mass is 10.1. The van der Waals surface area contributed by atoms with Crippen molar-refractivity contribution in [1.82, 2.24) is 4.57 Å². The van der Waals surface area contributed by atoms with Gasteiger partial charge in [0.15, 0.2) is 6.29 Å². The Hall–Kier alpha value is -1.77. The molecule has 2 aromatic rings. The molecule has 3 heteroatoms. The number of ether oxygens (including phenoxy) is 1. The monoisotopic (exact) mass is 217 g/mol. The average Bonchev–Trinajstić information content (AvgIpc) is 2.50. The molecule has 0 saturated carbocycles. The van der Waals surface area contributed by atoms with Gasteiger partial charge in [-0.05, 0) is 37.1 Å². The summed E-state index contributed by atoms with van der Waals surface area (Å²) in [6.45, 7) is 3.99. The molecule has 0 fully saturated rings. The smallest absolute Gasteiger partial charge is 0.166 e. The third-order valence-electron chi connectivity index (χ3n) is 3.04. The van der Waals surface area contributed by atoms with Gasteiger partial charge in [0, 0.05) is 12.4 Å². The SMILES string of the molecule is COc1cc(C)cc2c(C)c(C=O)n(C)c12. The number of benzene rings is 1. The fraction of sp³-hybridized carbons (Fsp3) is 0.308. The van der Waals surface area contributed by atoms with Gasteiger partial charge >= 0.3 is 0 Å². The highest BCUT2D eigenvalue weighted by Crippen LogP contribution is 2.32. The van der Waals surface area contributed by atoms with Crippen LogP contribution in [-0.2, 0) is 7.05 Å². The number of hydrogen-bond acceptors (Lipinski definition) is 2. The summed E-state index contributed by atoms with van der Waals surface area (Å²) >= 11 is 0. The van der Waals surface area contributed by atoms with E-state index in [0.29, 0.717) is 5.69 Å². The van der Waals surface area contributed by atoms with Crippen molar-refractivity contribution in [2.45, 2.75) is 13.8 Å². The number of hydrogen-bond donors (Lipinski definition) is 0. The van der Waals surface area contributed by atoms with Gasteiger partial charge in [-0.15, -0.1) is 0 Å². The number of carbonyl (C=O) groups is 1. The van der Waals surface area contributed by atoms with Crippen LogP contribution in [0.5, 0.6) is 5.75 Å². The number of aromatic nitrogens is 1. The van der Waals surface area contributed by atoms with Gasteiger partial charge in [-0.2, -0.15) is 0 Å². The van der Waals surface area contributed by atoms with Crippen LogP contribution in [0, 0.1) is 13.8 Å². The molecule has 1 aromatic heterocycles. The van der Waals surface area contributed by atoms with Crippen molar-refractivity contribution < 1.29 is 9.53 Å². The summed E-state index contributed by atoms with van der Waals surface area (Å²) in [6, 6.07) is 4.07. The molecule has 84 valence electrons. The van der Waals surface area contributed by atoms with Crippen molar-refractivity contribution >= 4 is 17.2 Å². The minimum Gasteiger partial charge on any atom is -0.495 e. The average molecular weight is 217 g/mol. The third kappa shape index (κ3) is 1.32. The number of carbonyl (C=O) groups excluding carboxylic acids is 1. The molecule has 0 unspecified atom stereocenters. The Kier molecular flexibility index (Phi) is 2.46. The normalized spacial score (nSPS) is 10.8. The summed E-state index contributed by atoms with van der Waals surface area (Å²) in [4.78, 5) is 11.0. The van der Waals surface area contributed by atoms with Gasteiger partial charge in [0.2, 0.25) is 0 Å². The van der Waals surface area contributed by atoms with Crippen LogP contribution >= 0.6 is 0 Å². The largest absolute Gasteiger partial charge is 0.495 e. The van der Waals surface area contributed by atoms with E-state index in [-0.39, 0.29) is 0 Å². The first kappa shape index (κ1) is 10.7. The number of aldehydes is 1. The van der Waals surface area contributed by atoms with E-state index in [0.717, 1.165) is 34.1 Å². The highest BCUT2D eigenvalue weighted by atomic mass is 16.5. The molecule has 3 nitrogen and oxygen atoms in total. The van der Waals surface area contributed by atoms with E-state index < -0.39 is 0 Å². The van der Waals surface area contributed by atoms with E-state index in [9.17, 15) is 4.79 Å². The molecule has 1 aromatic carbocycles. The molecule has 0 aliphatic rings. The fourth-order valence-electron chi connectivity index (χ4n) is 2.21. The molecular weight excluding hydrogens is 202 g/mol. The second-order valence-electron chi connectivity index (χ2n) is 4.05. The number of rotatable bonds is 2. The first-order valence-corrected chi connectivity index (χ1v) is 5.19. The minimum atomic E-state index is 0.707. The van der Waals surface area contributed by atoms with Crippen LogP contribution in [0.4, 0.5) is 0 Å². The molecule has 0 N–H and O–H groups in total. The molecular formula is C13H15NO2. The number of aryl methyl sites for hydroxylation is 3. The number of fused-ring (bicyclic) bond motifs is 1. The summed E-state index contributed by atoms with van der Waals surface area (Å²) in [5.41, 5.74) is 3.83. The zero-order chi connectivity index (χ0) is 11.9. The summed E-state index contributed by atoms with van der Waals surface area (Å²) in [7, 11) is 3.54. The Morgan fingerprint density at radius 3 is 2.56 bits per heavy atom. The summed E-state index contributed by atoms with van der Waals surface area (Å²) in [6.07, 6.45) is 0.893. The Bertz CT molecular complexity index is 567. The van der Waals surface area contributed by atoms with Crippen LogP contribution in [0.1, 0.15) is 21.6 Å². The van der Waals surface area contributed by atoms with E-state index in [4.69, 9.17) is 4.74 Å². The third-order valence-corrected chi connectivity index (χ3v) is 3.04. The first-order chi connectivity index (χ1) is 7.60. The standard InChI is InChI=1S/C13H15NO2/c1-8-5-10-9(2)11(7-15)14(3)13(10)12(6-8)16-4/h5-7H,1-4H3. The van der Waals surface area contributed by atoms with Gasteiger partial charge < -0.3 is 9.30 Å². The van der Waals surface area contributed by atoms with Crippen molar-refractivity contribution in [3.63, 3.8) is 0 Å². The van der Waals surface area contributed by atoms with E-state index in [2.05, 4.69) is 6.07 Å². The van der Waals surface area contributed by atoms with Gasteiger partial charge in [0.25, 0.3) is 0 Å². The van der Waals surface area contributed by atoms with Gasteiger partial charge in [0.1, 0.15) is 5.75 Å². The molecule has 16 heavy (non-hydrogen) atoms. The molecule has 0 atom stereocenters. The van der Waals surface area contributed by atoms with E-state index in [1.165, 1.54) is 0 Å². The molecule has 0 aliphatic carbocycles. The van der Waals surface area contributed by atoms with E-state index >= 15 is 0 Å². The van der Waals surface area contributed by atoms with Gasteiger partial charge in [-0.25, -0.2) is 0 Å². The molecule has 0 saturated heterocycles. The van der Waals surface area contributed by atoms with Crippen LogP contribution < -0.4 is 4.74 Å². The topological polar surface area (TPSA) is 31.2 Å². The Morgan fingerprint density at radius 1 is 1.31 bits per heavy atom. The Labute approximate surface area is 94.6 Å². The molecule has 0 bridgehead atoms. The Balaban J connectivity index is 2.97. The molecule has 1 heterocycles. The molecule has 0 aliphatic heterocycles. The van der Waals surface area contributed by atoms with Crippen LogP contribution in [0.25, 0.3) is 10.9 Å². The zero-order valence-corrected chi connectivity index (χ0v) is 10.00. The lowest BCUT2D eigenvalue weighted by molar-refractivity contribution is 0.111. The van der Waals surface area contributed by atoms with Gasteiger partial charge in [0.05, 0.1) is 18.3 Å². The van der Waals surface area contributed by atoms with Crippen LogP contribution in [-0.4, -0.2) is 18.0 Å². The summed E-state index contributed by atoms with van der Waals surface area (Å²) in [5, 5.41) is 1.08. The lowest BCUT2D eigenvalue weighted by Gasteiger charge is -2.06. The minimum absolute atomic E-state index is 0.707. The zero-order valence-electron chi connectivity index (χ0n) is 10.00. The quantitative estimate of drug-likeness (QED) is 0.724. The molecule has 0 amide bonds. The molecule has 0 radical (unpaired) electrons. The highest BCUT2D eigenvalue weighted by molar-refractivity contribution is 5.96. The highest BCUT2D eigenvalue weighted by Gasteiger charge is 2.15. The fourth-order valence-corrected chi connectivity index (χ4v) is 2.21.